The molecule has 0 atom stereocenters. The fraction of sp³-hybridized carbons (Fsp3) is 0.909. The molecule has 1 heterocycles. The number of hydrogen-bond acceptors (Lipinski definition) is 3. The van der Waals surface area contributed by atoms with Gasteiger partial charge in [-0.15, -0.1) is 0 Å². The van der Waals surface area contributed by atoms with E-state index in [1.165, 1.54) is 0 Å². The molecule has 1 aliphatic rings. The van der Waals surface area contributed by atoms with Crippen molar-refractivity contribution in [2.75, 3.05) is 39.9 Å². The van der Waals surface area contributed by atoms with Crippen LogP contribution in [0.1, 0.15) is 27.7 Å². The zero-order chi connectivity index (χ0) is 12.1. The van der Waals surface area contributed by atoms with Crippen LogP contribution in [0.15, 0.2) is 0 Å². The van der Waals surface area contributed by atoms with Crippen LogP contribution in [0, 0.1) is 0 Å². The molecule has 1 aliphatic heterocycles. The molecule has 0 aromatic rings. The second-order valence-electron chi connectivity index (χ2n) is 2.56. The van der Waals surface area contributed by atoms with E-state index in [9.17, 15) is 4.79 Å². The predicted octanol–water partition coefficient (Wildman–Crippen LogP) is 1.12. The van der Waals surface area contributed by atoms with Crippen molar-refractivity contribution in [2.24, 2.45) is 0 Å². The number of ether oxygens (including phenoxy) is 1. The van der Waals surface area contributed by atoms with Gasteiger partial charge in [0.15, 0.2) is 0 Å². The van der Waals surface area contributed by atoms with Gasteiger partial charge < -0.3 is 15.0 Å². The van der Waals surface area contributed by atoms with Crippen LogP contribution in [-0.4, -0.2) is 50.7 Å². The first-order valence-corrected chi connectivity index (χ1v) is 5.82. The largest absolute Gasteiger partial charge is 0.375 e. The van der Waals surface area contributed by atoms with Crippen LogP contribution in [0.2, 0.25) is 0 Å². The molecule has 1 N–H and O–H groups in total. The van der Waals surface area contributed by atoms with Gasteiger partial charge in [0.05, 0.1) is 0 Å². The Kier molecular flexibility index (Phi) is 15.0. The summed E-state index contributed by atoms with van der Waals surface area (Å²) in [6.07, 6.45) is 0. The molecular formula is C11H26N2O2. The molecule has 0 saturated carbocycles. The zero-order valence-electron chi connectivity index (χ0n) is 10.8. The fourth-order valence-electron chi connectivity index (χ4n) is 1.13. The number of hydrogen-bond donors (Lipinski definition) is 1. The lowest BCUT2D eigenvalue weighted by Crippen LogP contribution is -2.47. The summed E-state index contributed by atoms with van der Waals surface area (Å²) in [5.41, 5.74) is 0. The molecule has 1 saturated heterocycles. The Labute approximate surface area is 94.0 Å². The number of methoxy groups -OCH3 is 1. The molecule has 1 fully saturated rings. The SMILES string of the molecule is CC.CC.COCC(=O)N1CCNCC1. The highest BCUT2D eigenvalue weighted by Crippen LogP contribution is 1.92. The molecule has 0 spiro atoms. The molecule has 15 heavy (non-hydrogen) atoms. The second kappa shape index (κ2) is 13.4. The summed E-state index contributed by atoms with van der Waals surface area (Å²) >= 11 is 0. The molecule has 92 valence electrons. The molecule has 1 amide bonds. The third kappa shape index (κ3) is 8.39. The third-order valence-electron chi connectivity index (χ3n) is 1.74. The first-order valence-electron chi connectivity index (χ1n) is 5.82. The van der Waals surface area contributed by atoms with Crippen LogP contribution >= 0.6 is 0 Å². The number of nitrogens with one attached hydrogen (secondary N) is 1. The zero-order valence-corrected chi connectivity index (χ0v) is 10.8. The summed E-state index contributed by atoms with van der Waals surface area (Å²) < 4.78 is 4.75. The van der Waals surface area contributed by atoms with E-state index >= 15 is 0 Å². The Morgan fingerprint density at radius 3 is 2.07 bits per heavy atom. The van der Waals surface area contributed by atoms with Gasteiger partial charge in [0.2, 0.25) is 5.91 Å². The van der Waals surface area contributed by atoms with Crippen LogP contribution in [0.4, 0.5) is 0 Å². The van der Waals surface area contributed by atoms with Crippen molar-refractivity contribution < 1.29 is 9.53 Å². The van der Waals surface area contributed by atoms with E-state index in [4.69, 9.17) is 4.74 Å². The maximum atomic E-state index is 11.2. The molecule has 1 rings (SSSR count). The summed E-state index contributed by atoms with van der Waals surface area (Å²) in [6.45, 7) is 11.6. The first kappa shape index (κ1) is 16.8. The number of piperazine rings is 1. The van der Waals surface area contributed by atoms with Gasteiger partial charge in [-0.1, -0.05) is 27.7 Å². The Morgan fingerprint density at radius 1 is 1.20 bits per heavy atom. The summed E-state index contributed by atoms with van der Waals surface area (Å²) in [7, 11) is 1.54. The third-order valence-corrected chi connectivity index (χ3v) is 1.74. The minimum atomic E-state index is 0.0917. The fourth-order valence-corrected chi connectivity index (χ4v) is 1.13. The van der Waals surface area contributed by atoms with E-state index < -0.39 is 0 Å². The topological polar surface area (TPSA) is 41.6 Å². The maximum absolute atomic E-state index is 11.2. The van der Waals surface area contributed by atoms with Crippen LogP contribution in [0.5, 0.6) is 0 Å². The summed E-state index contributed by atoms with van der Waals surface area (Å²) in [5, 5.41) is 3.18. The van der Waals surface area contributed by atoms with E-state index in [-0.39, 0.29) is 12.5 Å². The van der Waals surface area contributed by atoms with E-state index in [1.54, 1.807) is 7.11 Å². The quantitative estimate of drug-likeness (QED) is 0.755. The minimum Gasteiger partial charge on any atom is -0.375 e. The van der Waals surface area contributed by atoms with E-state index in [0.717, 1.165) is 26.2 Å². The Morgan fingerprint density at radius 2 is 1.67 bits per heavy atom. The highest BCUT2D eigenvalue weighted by Gasteiger charge is 2.14. The normalized spacial score (nSPS) is 14.3. The van der Waals surface area contributed by atoms with Gasteiger partial charge in [0.25, 0.3) is 0 Å². The number of rotatable bonds is 2. The van der Waals surface area contributed by atoms with Gasteiger partial charge in [0, 0.05) is 33.3 Å². The van der Waals surface area contributed by atoms with Crippen LogP contribution in [0.3, 0.4) is 0 Å². The van der Waals surface area contributed by atoms with Gasteiger partial charge in [0.1, 0.15) is 6.61 Å². The first-order chi connectivity index (χ1) is 7.34. The van der Waals surface area contributed by atoms with Crippen LogP contribution < -0.4 is 5.32 Å². The summed E-state index contributed by atoms with van der Waals surface area (Å²) in [6, 6.07) is 0. The average molecular weight is 218 g/mol. The van der Waals surface area contributed by atoms with Gasteiger partial charge in [-0.05, 0) is 0 Å². The maximum Gasteiger partial charge on any atom is 0.248 e. The number of nitrogens with zero attached hydrogens (tertiary/aromatic N) is 1. The highest BCUT2D eigenvalue weighted by atomic mass is 16.5. The lowest BCUT2D eigenvalue weighted by Gasteiger charge is -2.26. The van der Waals surface area contributed by atoms with Crippen molar-refractivity contribution in [3.8, 4) is 0 Å². The van der Waals surface area contributed by atoms with Gasteiger partial charge >= 0.3 is 0 Å². The standard InChI is InChI=1S/C7H14N2O2.2C2H6/c1-11-6-7(10)9-4-2-8-3-5-9;2*1-2/h8H,2-6H2,1H3;2*1-2H3. The lowest BCUT2D eigenvalue weighted by atomic mass is 10.3. The van der Waals surface area contributed by atoms with Gasteiger partial charge in [-0.25, -0.2) is 0 Å². The summed E-state index contributed by atoms with van der Waals surface area (Å²) in [5.74, 6) is 0.0917. The average Bonchev–Trinajstić information content (AvgIpc) is 2.36. The monoisotopic (exact) mass is 218 g/mol. The predicted molar refractivity (Wildman–Crippen MR) is 64.0 cm³/mol. The van der Waals surface area contributed by atoms with E-state index in [0.29, 0.717) is 0 Å². The molecular weight excluding hydrogens is 192 g/mol. The van der Waals surface area contributed by atoms with Crippen molar-refractivity contribution in [1.29, 1.82) is 0 Å². The van der Waals surface area contributed by atoms with Gasteiger partial charge in [-0.2, -0.15) is 0 Å². The molecule has 0 radical (unpaired) electrons. The van der Waals surface area contributed by atoms with Crippen molar-refractivity contribution in [2.45, 2.75) is 27.7 Å². The van der Waals surface area contributed by atoms with Crippen LogP contribution in [-0.2, 0) is 9.53 Å². The molecule has 0 unspecified atom stereocenters. The second-order valence-corrected chi connectivity index (χ2v) is 2.56. The van der Waals surface area contributed by atoms with E-state index in [1.807, 2.05) is 32.6 Å². The summed E-state index contributed by atoms with van der Waals surface area (Å²) in [4.78, 5) is 13.0. The highest BCUT2D eigenvalue weighted by molar-refractivity contribution is 5.77. The van der Waals surface area contributed by atoms with Crippen molar-refractivity contribution in [3.63, 3.8) is 0 Å². The Hall–Kier alpha value is -0.610. The lowest BCUT2D eigenvalue weighted by molar-refractivity contribution is -0.135. The molecule has 0 aromatic carbocycles. The van der Waals surface area contributed by atoms with Crippen molar-refractivity contribution >= 4 is 5.91 Å². The number of amides is 1. The number of carbonyl (C=O) groups excluding carboxylic acids is 1. The van der Waals surface area contributed by atoms with Crippen molar-refractivity contribution in [3.05, 3.63) is 0 Å². The Bertz CT molecular complexity index is 135. The molecule has 0 aromatic heterocycles. The molecule has 4 heteroatoms. The molecule has 0 bridgehead atoms. The van der Waals surface area contributed by atoms with Crippen LogP contribution in [0.25, 0.3) is 0 Å². The minimum absolute atomic E-state index is 0.0917. The molecule has 0 aliphatic carbocycles. The van der Waals surface area contributed by atoms with Gasteiger partial charge in [-0.3, -0.25) is 4.79 Å². The smallest absolute Gasteiger partial charge is 0.248 e. The number of carbonyl (C=O) groups is 1. The van der Waals surface area contributed by atoms with E-state index in [2.05, 4.69) is 5.32 Å². The Balaban J connectivity index is 0. The van der Waals surface area contributed by atoms with Crippen molar-refractivity contribution in [1.82, 2.24) is 10.2 Å². The molecule has 4 nitrogen and oxygen atoms in total.